The number of benzene rings is 1. The molecule has 11 heteroatoms. The zero-order chi connectivity index (χ0) is 27.9. The number of carbonyl (C=O) groups excluding carboxylic acids is 2. The van der Waals surface area contributed by atoms with E-state index in [0.29, 0.717) is 44.6 Å². The number of anilines is 1. The zero-order valence-corrected chi connectivity index (χ0v) is 23.7. The number of aryl methyl sites for hydroxylation is 1. The second kappa shape index (κ2) is 13.4. The molecule has 2 aromatic rings. The Morgan fingerprint density at radius 3 is 2.59 bits per heavy atom. The van der Waals surface area contributed by atoms with Crippen molar-refractivity contribution in [2.24, 2.45) is 5.92 Å². The molecule has 3 heterocycles. The standard InChI is InChI=1S/C28H43N7O4/c1-21-17-34(22(2)19-36)27(37)6-5-11-35-25(16-29-30-35)20-39-26(21)18-32(4)28(38)23-7-9-24(10-8-23)33-14-12-31(3)13-15-33/h7-10,16,21-22,26,36H,5-6,11-15,17-20H2,1-4H3/t21-,22+,26-/m1/s1. The number of piperazine rings is 1. The van der Waals surface area contributed by atoms with Gasteiger partial charge in [-0.2, -0.15) is 0 Å². The van der Waals surface area contributed by atoms with Crippen LogP contribution in [-0.2, 0) is 22.7 Å². The highest BCUT2D eigenvalue weighted by atomic mass is 16.5. The Morgan fingerprint density at radius 2 is 1.90 bits per heavy atom. The van der Waals surface area contributed by atoms with Gasteiger partial charge in [0.05, 0.1) is 37.3 Å². The van der Waals surface area contributed by atoms with Gasteiger partial charge in [0.1, 0.15) is 0 Å². The third kappa shape index (κ3) is 7.34. The van der Waals surface area contributed by atoms with Crippen LogP contribution in [0.3, 0.4) is 0 Å². The summed E-state index contributed by atoms with van der Waals surface area (Å²) in [6, 6.07) is 7.53. The maximum Gasteiger partial charge on any atom is 0.253 e. The van der Waals surface area contributed by atoms with Crippen LogP contribution >= 0.6 is 0 Å². The third-order valence-corrected chi connectivity index (χ3v) is 7.92. The number of amides is 2. The first kappa shape index (κ1) is 29.0. The van der Waals surface area contributed by atoms with Gasteiger partial charge in [0.25, 0.3) is 5.91 Å². The molecule has 2 aliphatic heterocycles. The Labute approximate surface area is 231 Å². The van der Waals surface area contributed by atoms with Crippen LogP contribution in [0, 0.1) is 5.92 Å². The van der Waals surface area contributed by atoms with Crippen molar-refractivity contribution in [3.63, 3.8) is 0 Å². The molecular weight excluding hydrogens is 498 g/mol. The van der Waals surface area contributed by atoms with Crippen molar-refractivity contribution in [2.75, 3.05) is 64.9 Å². The number of nitrogens with zero attached hydrogens (tertiary/aromatic N) is 7. The summed E-state index contributed by atoms with van der Waals surface area (Å²) >= 11 is 0. The first-order chi connectivity index (χ1) is 18.8. The van der Waals surface area contributed by atoms with Crippen molar-refractivity contribution in [2.45, 2.75) is 52.0 Å². The van der Waals surface area contributed by atoms with Gasteiger partial charge in [-0.05, 0) is 44.7 Å². The van der Waals surface area contributed by atoms with Crippen molar-refractivity contribution >= 4 is 17.5 Å². The van der Waals surface area contributed by atoms with E-state index >= 15 is 0 Å². The van der Waals surface area contributed by atoms with Crippen molar-refractivity contribution in [3.05, 3.63) is 41.7 Å². The van der Waals surface area contributed by atoms with Gasteiger partial charge in [-0.1, -0.05) is 12.1 Å². The summed E-state index contributed by atoms with van der Waals surface area (Å²) in [6.45, 7) is 9.44. The Kier molecular flexibility index (Phi) is 9.93. The number of fused-ring (bicyclic) bond motifs is 1. The van der Waals surface area contributed by atoms with Crippen LogP contribution in [0.2, 0.25) is 0 Å². The second-order valence-corrected chi connectivity index (χ2v) is 11.0. The van der Waals surface area contributed by atoms with E-state index < -0.39 is 0 Å². The van der Waals surface area contributed by atoms with Crippen molar-refractivity contribution < 1.29 is 19.4 Å². The number of aliphatic hydroxyl groups is 1. The smallest absolute Gasteiger partial charge is 0.253 e. The first-order valence-electron chi connectivity index (χ1n) is 13.9. The fourth-order valence-corrected chi connectivity index (χ4v) is 5.20. The number of carbonyl (C=O) groups is 2. The molecule has 0 unspecified atom stereocenters. The summed E-state index contributed by atoms with van der Waals surface area (Å²) in [7, 11) is 3.92. The molecule has 1 aromatic carbocycles. The van der Waals surface area contributed by atoms with Crippen LogP contribution in [0.4, 0.5) is 5.69 Å². The Balaban J connectivity index is 1.47. The molecule has 11 nitrogen and oxygen atoms in total. The SMILES string of the molecule is C[C@@H]1CN([C@@H](C)CO)C(=O)CCCn2nncc2CO[C@@H]1CN(C)C(=O)c1ccc(N2CCN(C)CC2)cc1. The van der Waals surface area contributed by atoms with Crippen molar-refractivity contribution in [3.8, 4) is 0 Å². The van der Waals surface area contributed by atoms with Crippen LogP contribution in [0.5, 0.6) is 0 Å². The molecule has 39 heavy (non-hydrogen) atoms. The number of hydrogen-bond acceptors (Lipinski definition) is 8. The normalized spacial score (nSPS) is 22.5. The monoisotopic (exact) mass is 541 g/mol. The molecule has 1 saturated heterocycles. The molecule has 2 aliphatic rings. The summed E-state index contributed by atoms with van der Waals surface area (Å²) in [4.78, 5) is 34.5. The van der Waals surface area contributed by atoms with E-state index in [1.165, 1.54) is 0 Å². The molecule has 1 aromatic heterocycles. The fourth-order valence-electron chi connectivity index (χ4n) is 5.20. The summed E-state index contributed by atoms with van der Waals surface area (Å²) < 4.78 is 8.14. The lowest BCUT2D eigenvalue weighted by Crippen LogP contribution is -2.48. The van der Waals surface area contributed by atoms with Gasteiger partial charge in [0.2, 0.25) is 5.91 Å². The van der Waals surface area contributed by atoms with Crippen LogP contribution in [0.15, 0.2) is 30.5 Å². The quantitative estimate of drug-likeness (QED) is 0.584. The molecule has 0 saturated carbocycles. The highest BCUT2D eigenvalue weighted by Gasteiger charge is 2.29. The van der Waals surface area contributed by atoms with Gasteiger partial charge in [-0.3, -0.25) is 9.59 Å². The highest BCUT2D eigenvalue weighted by Crippen LogP contribution is 2.21. The van der Waals surface area contributed by atoms with Gasteiger partial charge < -0.3 is 29.4 Å². The minimum atomic E-state index is -0.340. The van der Waals surface area contributed by atoms with Gasteiger partial charge in [0.15, 0.2) is 0 Å². The summed E-state index contributed by atoms with van der Waals surface area (Å²) in [5.74, 6) is -0.166. The van der Waals surface area contributed by atoms with Crippen LogP contribution < -0.4 is 4.90 Å². The van der Waals surface area contributed by atoms with E-state index in [9.17, 15) is 14.7 Å². The van der Waals surface area contributed by atoms with Gasteiger partial charge in [-0.15, -0.1) is 5.10 Å². The molecule has 2 amide bonds. The predicted molar refractivity (Wildman–Crippen MR) is 148 cm³/mol. The van der Waals surface area contributed by atoms with Crippen LogP contribution in [-0.4, -0.2) is 119 Å². The van der Waals surface area contributed by atoms with Crippen molar-refractivity contribution in [1.82, 2.24) is 29.7 Å². The minimum Gasteiger partial charge on any atom is -0.394 e. The molecule has 4 rings (SSSR count). The molecular formula is C28H43N7O4. The number of rotatable bonds is 6. The van der Waals surface area contributed by atoms with Crippen LogP contribution in [0.1, 0.15) is 42.7 Å². The average Bonchev–Trinajstić information content (AvgIpc) is 3.39. The van der Waals surface area contributed by atoms with E-state index in [0.717, 1.165) is 37.6 Å². The second-order valence-electron chi connectivity index (χ2n) is 11.0. The minimum absolute atomic E-state index is 0.00531. The molecule has 1 N–H and O–H groups in total. The lowest BCUT2D eigenvalue weighted by Gasteiger charge is -2.35. The molecule has 0 bridgehead atoms. The lowest BCUT2D eigenvalue weighted by molar-refractivity contribution is -0.136. The highest BCUT2D eigenvalue weighted by molar-refractivity contribution is 5.94. The Hall–Kier alpha value is -3.02. The molecule has 3 atom stereocenters. The first-order valence-corrected chi connectivity index (χ1v) is 13.9. The van der Waals surface area contributed by atoms with Gasteiger partial charge >= 0.3 is 0 Å². The largest absolute Gasteiger partial charge is 0.394 e. The number of hydrogen-bond donors (Lipinski definition) is 1. The predicted octanol–water partition coefficient (Wildman–Crippen LogP) is 1.33. The zero-order valence-electron chi connectivity index (χ0n) is 23.7. The summed E-state index contributed by atoms with van der Waals surface area (Å²) in [5, 5.41) is 18.0. The number of likely N-dealkylation sites (N-methyl/N-ethyl adjacent to an activating group) is 2. The maximum absolute atomic E-state index is 13.4. The Bertz CT molecular complexity index is 1080. The lowest BCUT2D eigenvalue weighted by atomic mass is 10.0. The number of aromatic nitrogens is 3. The fraction of sp³-hybridized carbons (Fsp3) is 0.643. The topological polar surface area (TPSA) is 107 Å². The van der Waals surface area contributed by atoms with E-state index in [1.54, 1.807) is 27.7 Å². The molecule has 0 aliphatic carbocycles. The summed E-state index contributed by atoms with van der Waals surface area (Å²) in [5.41, 5.74) is 2.60. The maximum atomic E-state index is 13.4. The molecule has 0 radical (unpaired) electrons. The number of aliphatic hydroxyl groups excluding tert-OH is 1. The van der Waals surface area contributed by atoms with Crippen molar-refractivity contribution in [1.29, 1.82) is 0 Å². The number of ether oxygens (including phenoxy) is 1. The van der Waals surface area contributed by atoms with Crippen LogP contribution in [0.25, 0.3) is 0 Å². The molecule has 214 valence electrons. The van der Waals surface area contributed by atoms with E-state index in [-0.39, 0.29) is 36.5 Å². The molecule has 0 spiro atoms. The van der Waals surface area contributed by atoms with E-state index in [2.05, 4.69) is 27.2 Å². The third-order valence-electron chi connectivity index (χ3n) is 7.92. The summed E-state index contributed by atoms with van der Waals surface area (Å²) in [6.07, 6.45) is 2.34. The van der Waals surface area contributed by atoms with E-state index in [1.807, 2.05) is 38.1 Å². The van der Waals surface area contributed by atoms with Gasteiger partial charge in [-0.25, -0.2) is 4.68 Å². The average molecular weight is 542 g/mol. The Morgan fingerprint density at radius 1 is 1.18 bits per heavy atom. The van der Waals surface area contributed by atoms with Gasteiger partial charge in [0, 0.05) is 76.5 Å². The van der Waals surface area contributed by atoms with E-state index in [4.69, 9.17) is 4.74 Å². The molecule has 1 fully saturated rings.